The van der Waals surface area contributed by atoms with E-state index in [2.05, 4.69) is 4.74 Å². The molecule has 0 fully saturated rings. The van der Waals surface area contributed by atoms with Gasteiger partial charge in [-0.05, 0) is 12.1 Å². The van der Waals surface area contributed by atoms with Crippen molar-refractivity contribution < 1.29 is 26.7 Å². The Morgan fingerprint density at radius 1 is 1.12 bits per heavy atom. The molecule has 0 heterocycles. The summed E-state index contributed by atoms with van der Waals surface area (Å²) in [5.41, 5.74) is 4.19. The first-order chi connectivity index (χ1) is 7.24. The van der Waals surface area contributed by atoms with E-state index in [1.807, 2.05) is 0 Å². The van der Waals surface area contributed by atoms with E-state index in [0.29, 0.717) is 6.07 Å². The van der Waals surface area contributed by atoms with Gasteiger partial charge in [-0.15, -0.1) is 13.2 Å². The van der Waals surface area contributed by atoms with E-state index in [-0.39, 0.29) is 0 Å². The van der Waals surface area contributed by atoms with Crippen molar-refractivity contribution in [2.45, 2.75) is 12.3 Å². The summed E-state index contributed by atoms with van der Waals surface area (Å²) in [5.74, 6) is -4.07. The Morgan fingerprint density at radius 3 is 2.25 bits per heavy atom. The van der Waals surface area contributed by atoms with E-state index in [0.717, 1.165) is 18.2 Å². The zero-order valence-electron chi connectivity index (χ0n) is 7.89. The van der Waals surface area contributed by atoms with Crippen LogP contribution in [-0.4, -0.2) is 12.9 Å². The smallest absolute Gasteiger partial charge is 0.406 e. The highest BCUT2D eigenvalue weighted by Gasteiger charge is 2.33. The highest BCUT2D eigenvalue weighted by Crippen LogP contribution is 2.31. The van der Waals surface area contributed by atoms with Crippen LogP contribution in [0.1, 0.15) is 5.56 Å². The lowest BCUT2D eigenvalue weighted by molar-refractivity contribution is -0.274. The molecule has 0 radical (unpaired) electrons. The Balaban J connectivity index is 2.96. The molecule has 0 spiro atoms. The lowest BCUT2D eigenvalue weighted by Gasteiger charge is -2.15. The monoisotopic (exact) mass is 241 g/mol. The molecule has 0 amide bonds. The molecule has 1 aromatic carbocycles. The molecular formula is C9H8F5NO. The molecule has 16 heavy (non-hydrogen) atoms. The third-order valence-corrected chi connectivity index (χ3v) is 1.75. The number of nitrogens with two attached hydrogens (primary N) is 1. The number of benzene rings is 1. The molecule has 1 rings (SSSR count). The average molecular weight is 241 g/mol. The van der Waals surface area contributed by atoms with Crippen LogP contribution in [0.4, 0.5) is 22.0 Å². The molecule has 0 aliphatic heterocycles. The maximum atomic E-state index is 13.0. The second kappa shape index (κ2) is 4.25. The van der Waals surface area contributed by atoms with Crippen LogP contribution in [0, 0.1) is 0 Å². The number of alkyl halides is 5. The van der Waals surface area contributed by atoms with Gasteiger partial charge < -0.3 is 10.5 Å². The van der Waals surface area contributed by atoms with Crippen LogP contribution in [0.3, 0.4) is 0 Å². The quantitative estimate of drug-likeness (QED) is 0.825. The third kappa shape index (κ3) is 3.34. The number of hydrogen-bond donors (Lipinski definition) is 1. The first-order valence-corrected chi connectivity index (χ1v) is 4.19. The van der Waals surface area contributed by atoms with Crippen molar-refractivity contribution in [3.05, 3.63) is 29.8 Å². The lowest BCUT2D eigenvalue weighted by Crippen LogP contribution is -2.25. The molecule has 0 aromatic heterocycles. The molecule has 0 aliphatic carbocycles. The summed E-state index contributed by atoms with van der Waals surface area (Å²) in [6.45, 7) is -0.984. The van der Waals surface area contributed by atoms with Crippen molar-refractivity contribution in [3.8, 4) is 5.75 Å². The maximum Gasteiger partial charge on any atom is 0.573 e. The summed E-state index contributed by atoms with van der Waals surface area (Å²) >= 11 is 0. The van der Waals surface area contributed by atoms with Crippen LogP contribution in [0.15, 0.2) is 24.3 Å². The Labute approximate surface area is 87.8 Å². The topological polar surface area (TPSA) is 35.2 Å². The van der Waals surface area contributed by atoms with Crippen molar-refractivity contribution in [2.75, 3.05) is 6.54 Å². The SMILES string of the molecule is NCC(F)(F)c1cccc(OC(F)(F)F)c1. The minimum Gasteiger partial charge on any atom is -0.406 e. The summed E-state index contributed by atoms with van der Waals surface area (Å²) in [5, 5.41) is 0. The van der Waals surface area contributed by atoms with Crippen molar-refractivity contribution in [2.24, 2.45) is 5.73 Å². The number of halogens is 5. The number of hydrogen-bond acceptors (Lipinski definition) is 2. The van der Waals surface area contributed by atoms with Gasteiger partial charge in [-0.1, -0.05) is 12.1 Å². The van der Waals surface area contributed by atoms with E-state index in [1.54, 1.807) is 0 Å². The van der Waals surface area contributed by atoms with Gasteiger partial charge in [-0.25, -0.2) is 0 Å². The Bertz CT molecular complexity index is 363. The van der Waals surface area contributed by atoms with E-state index in [9.17, 15) is 22.0 Å². The van der Waals surface area contributed by atoms with Gasteiger partial charge in [0.15, 0.2) is 0 Å². The standard InChI is InChI=1S/C9H8F5NO/c10-8(11,5-15)6-2-1-3-7(4-6)16-9(12,13)14/h1-4H,5,15H2. The summed E-state index contributed by atoms with van der Waals surface area (Å²) in [7, 11) is 0. The minimum atomic E-state index is -4.91. The highest BCUT2D eigenvalue weighted by atomic mass is 19.4. The summed E-state index contributed by atoms with van der Waals surface area (Å²) < 4.78 is 65.0. The molecule has 0 bridgehead atoms. The van der Waals surface area contributed by atoms with Gasteiger partial charge in [-0.3, -0.25) is 0 Å². The van der Waals surface area contributed by atoms with Gasteiger partial charge >= 0.3 is 6.36 Å². The fourth-order valence-corrected chi connectivity index (χ4v) is 1.04. The van der Waals surface area contributed by atoms with E-state index in [4.69, 9.17) is 5.73 Å². The molecule has 2 N–H and O–H groups in total. The highest BCUT2D eigenvalue weighted by molar-refractivity contribution is 5.31. The second-order valence-electron chi connectivity index (χ2n) is 2.98. The van der Waals surface area contributed by atoms with Crippen molar-refractivity contribution in [1.82, 2.24) is 0 Å². The summed E-state index contributed by atoms with van der Waals surface area (Å²) in [6.07, 6.45) is -4.91. The normalized spacial score (nSPS) is 12.6. The van der Waals surface area contributed by atoms with Gasteiger partial charge in [0.05, 0.1) is 6.54 Å². The van der Waals surface area contributed by atoms with Crippen LogP contribution in [0.5, 0.6) is 5.75 Å². The van der Waals surface area contributed by atoms with Crippen LogP contribution in [0.25, 0.3) is 0 Å². The summed E-state index contributed by atoms with van der Waals surface area (Å²) in [6, 6.07) is 3.57. The van der Waals surface area contributed by atoms with Crippen molar-refractivity contribution >= 4 is 0 Å². The molecule has 2 nitrogen and oxygen atoms in total. The number of ether oxygens (including phenoxy) is 1. The minimum absolute atomic E-state index is 0.611. The molecular weight excluding hydrogens is 233 g/mol. The zero-order chi connectivity index (χ0) is 12.4. The third-order valence-electron chi connectivity index (χ3n) is 1.75. The molecule has 1 aromatic rings. The van der Waals surface area contributed by atoms with Gasteiger partial charge in [0.2, 0.25) is 0 Å². The lowest BCUT2D eigenvalue weighted by atomic mass is 10.1. The maximum absolute atomic E-state index is 13.0. The first kappa shape index (κ1) is 12.7. The van der Waals surface area contributed by atoms with Crippen LogP contribution in [-0.2, 0) is 5.92 Å². The fraction of sp³-hybridized carbons (Fsp3) is 0.333. The van der Waals surface area contributed by atoms with Crippen molar-refractivity contribution in [3.63, 3.8) is 0 Å². The Hall–Kier alpha value is -1.37. The van der Waals surface area contributed by atoms with Crippen LogP contribution >= 0.6 is 0 Å². The zero-order valence-corrected chi connectivity index (χ0v) is 7.89. The predicted molar refractivity (Wildman–Crippen MR) is 46.1 cm³/mol. The van der Waals surface area contributed by atoms with Gasteiger partial charge in [0, 0.05) is 5.56 Å². The van der Waals surface area contributed by atoms with E-state index < -0.39 is 30.1 Å². The molecule has 0 atom stereocenters. The molecule has 0 saturated heterocycles. The molecule has 0 saturated carbocycles. The first-order valence-electron chi connectivity index (χ1n) is 4.19. The predicted octanol–water partition coefficient (Wildman–Crippen LogP) is 2.64. The number of rotatable bonds is 3. The Morgan fingerprint density at radius 2 is 1.75 bits per heavy atom. The molecule has 90 valence electrons. The second-order valence-corrected chi connectivity index (χ2v) is 2.98. The van der Waals surface area contributed by atoms with Gasteiger partial charge in [-0.2, -0.15) is 8.78 Å². The molecule has 0 aliphatic rings. The van der Waals surface area contributed by atoms with Gasteiger partial charge in [0.25, 0.3) is 5.92 Å². The Kier molecular flexibility index (Phi) is 3.37. The fourth-order valence-electron chi connectivity index (χ4n) is 1.04. The molecule has 7 heteroatoms. The van der Waals surface area contributed by atoms with E-state index >= 15 is 0 Å². The van der Waals surface area contributed by atoms with Crippen LogP contribution in [0.2, 0.25) is 0 Å². The van der Waals surface area contributed by atoms with E-state index in [1.165, 1.54) is 0 Å². The largest absolute Gasteiger partial charge is 0.573 e. The average Bonchev–Trinajstić information content (AvgIpc) is 2.15. The van der Waals surface area contributed by atoms with Crippen LogP contribution < -0.4 is 10.5 Å². The van der Waals surface area contributed by atoms with Crippen molar-refractivity contribution in [1.29, 1.82) is 0 Å². The molecule has 0 unspecified atom stereocenters. The summed E-state index contributed by atoms with van der Waals surface area (Å²) in [4.78, 5) is 0. The van der Waals surface area contributed by atoms with Gasteiger partial charge in [0.1, 0.15) is 5.75 Å².